The highest BCUT2D eigenvalue weighted by Gasteiger charge is 2.11. The van der Waals surface area contributed by atoms with Crippen molar-refractivity contribution in [2.24, 2.45) is 5.10 Å². The monoisotopic (exact) mass is 334 g/mol. The summed E-state index contributed by atoms with van der Waals surface area (Å²) in [7, 11) is 1.59. The van der Waals surface area contributed by atoms with Gasteiger partial charge in [0.05, 0.1) is 18.8 Å². The van der Waals surface area contributed by atoms with Crippen LogP contribution in [0.2, 0.25) is 0 Å². The summed E-state index contributed by atoms with van der Waals surface area (Å²) < 4.78 is 6.35. The number of aromatic nitrogens is 3. The van der Waals surface area contributed by atoms with Crippen LogP contribution in [0.1, 0.15) is 5.56 Å². The Kier molecular flexibility index (Phi) is 3.46. The Morgan fingerprint density at radius 2 is 2.16 bits per heavy atom. The molecule has 0 aliphatic rings. The van der Waals surface area contributed by atoms with Crippen LogP contribution in [0.15, 0.2) is 58.7 Å². The molecule has 0 fully saturated rings. The van der Waals surface area contributed by atoms with Crippen LogP contribution in [0, 0.1) is 0 Å². The number of aromatic amines is 1. The summed E-state index contributed by atoms with van der Waals surface area (Å²) in [6, 6.07) is 12.1. The normalized spacial score (nSPS) is 11.6. The zero-order chi connectivity index (χ0) is 17.4. The Balaban J connectivity index is 1.82. The van der Waals surface area contributed by atoms with Crippen molar-refractivity contribution in [3.8, 4) is 11.5 Å². The average Bonchev–Trinajstić information content (AvgIpc) is 3.00. The van der Waals surface area contributed by atoms with Gasteiger partial charge in [0.1, 0.15) is 28.9 Å². The highest BCUT2D eigenvalue weighted by molar-refractivity contribution is 6.04. The third kappa shape index (κ3) is 2.61. The molecule has 0 saturated heterocycles. The molecule has 25 heavy (non-hydrogen) atoms. The van der Waals surface area contributed by atoms with E-state index in [0.29, 0.717) is 22.3 Å². The summed E-state index contributed by atoms with van der Waals surface area (Å²) >= 11 is 0. The van der Waals surface area contributed by atoms with Crippen LogP contribution in [-0.4, -0.2) is 33.1 Å². The largest absolute Gasteiger partial charge is 0.508 e. The maximum Gasteiger partial charge on any atom is 0.298 e. The number of ether oxygens (including phenoxy) is 1. The van der Waals surface area contributed by atoms with E-state index in [1.807, 2.05) is 18.2 Å². The first-order valence-corrected chi connectivity index (χ1v) is 7.56. The molecule has 0 aliphatic carbocycles. The minimum atomic E-state index is -0.309. The van der Waals surface area contributed by atoms with Gasteiger partial charge in [-0.05, 0) is 29.8 Å². The van der Waals surface area contributed by atoms with Gasteiger partial charge in [-0.25, -0.2) is 4.98 Å². The number of methoxy groups -OCH3 is 1. The number of phenolic OH excluding ortho intramolecular Hbond substituents is 1. The lowest BCUT2D eigenvalue weighted by Gasteiger charge is -1.98. The minimum Gasteiger partial charge on any atom is -0.508 e. The number of nitrogens with zero attached hydrogens (tertiary/aromatic N) is 3. The zero-order valence-corrected chi connectivity index (χ0v) is 13.3. The standard InChI is InChI=1S/C18H14N4O3/c1-25-13-5-6-14-15(8-13)21-17-16(14)19-10-22(18(17)24)20-9-11-3-2-4-12(23)7-11/h2-10,21,23H,1H3/b20-9+. The van der Waals surface area contributed by atoms with Crippen molar-refractivity contribution < 1.29 is 9.84 Å². The van der Waals surface area contributed by atoms with Gasteiger partial charge in [0.15, 0.2) is 0 Å². The van der Waals surface area contributed by atoms with E-state index in [0.717, 1.165) is 15.6 Å². The number of nitrogens with one attached hydrogen (secondary N) is 1. The number of benzene rings is 2. The van der Waals surface area contributed by atoms with E-state index < -0.39 is 0 Å². The van der Waals surface area contributed by atoms with E-state index in [1.54, 1.807) is 31.4 Å². The number of rotatable bonds is 3. The molecule has 2 heterocycles. The van der Waals surface area contributed by atoms with Crippen molar-refractivity contribution in [1.82, 2.24) is 14.6 Å². The van der Waals surface area contributed by atoms with Crippen molar-refractivity contribution in [3.05, 3.63) is 64.7 Å². The number of fused-ring (bicyclic) bond motifs is 3. The highest BCUT2D eigenvalue weighted by Crippen LogP contribution is 2.25. The summed E-state index contributed by atoms with van der Waals surface area (Å²) in [6.45, 7) is 0. The molecule has 7 heteroatoms. The fourth-order valence-corrected chi connectivity index (χ4v) is 2.67. The van der Waals surface area contributed by atoms with Gasteiger partial charge in [-0.15, -0.1) is 0 Å². The second-order valence-electron chi connectivity index (χ2n) is 5.49. The van der Waals surface area contributed by atoms with E-state index in [1.165, 1.54) is 12.5 Å². The molecule has 2 N–H and O–H groups in total. The first kappa shape index (κ1) is 14.9. The van der Waals surface area contributed by atoms with Crippen molar-refractivity contribution in [1.29, 1.82) is 0 Å². The molecule has 0 amide bonds. The number of phenols is 1. The Bertz CT molecular complexity index is 1170. The fourth-order valence-electron chi connectivity index (χ4n) is 2.67. The molecule has 0 aliphatic heterocycles. The molecule has 0 radical (unpaired) electrons. The van der Waals surface area contributed by atoms with Gasteiger partial charge in [0.2, 0.25) is 0 Å². The molecule has 0 atom stereocenters. The fraction of sp³-hybridized carbons (Fsp3) is 0.0556. The number of hydrogen-bond acceptors (Lipinski definition) is 5. The summed E-state index contributed by atoms with van der Waals surface area (Å²) in [5, 5.41) is 14.4. The van der Waals surface area contributed by atoms with Gasteiger partial charge < -0.3 is 14.8 Å². The summed E-state index contributed by atoms with van der Waals surface area (Å²) in [5.74, 6) is 0.829. The molecule has 0 spiro atoms. The van der Waals surface area contributed by atoms with Crippen molar-refractivity contribution in [2.75, 3.05) is 7.11 Å². The third-order valence-electron chi connectivity index (χ3n) is 3.90. The number of H-pyrrole nitrogens is 1. The molecule has 2 aromatic heterocycles. The van der Waals surface area contributed by atoms with Crippen LogP contribution in [0.5, 0.6) is 11.5 Å². The SMILES string of the molecule is COc1ccc2c(c1)[nH]c1c(=O)n(/N=C/c3cccc(O)c3)cnc12. The molecular formula is C18H14N4O3. The van der Waals surface area contributed by atoms with E-state index in [4.69, 9.17) is 4.74 Å². The molecule has 7 nitrogen and oxygen atoms in total. The second-order valence-corrected chi connectivity index (χ2v) is 5.49. The second kappa shape index (κ2) is 5.79. The molecule has 4 aromatic rings. The van der Waals surface area contributed by atoms with E-state index in [2.05, 4.69) is 15.1 Å². The lowest BCUT2D eigenvalue weighted by atomic mass is 10.2. The maximum atomic E-state index is 12.6. The van der Waals surface area contributed by atoms with Crippen molar-refractivity contribution in [2.45, 2.75) is 0 Å². The topological polar surface area (TPSA) is 92.5 Å². The minimum absolute atomic E-state index is 0.134. The molecule has 0 bridgehead atoms. The van der Waals surface area contributed by atoms with Crippen LogP contribution < -0.4 is 10.3 Å². The molecule has 2 aromatic carbocycles. The Morgan fingerprint density at radius 1 is 1.28 bits per heavy atom. The van der Waals surface area contributed by atoms with Crippen LogP contribution in [0.25, 0.3) is 21.9 Å². The van der Waals surface area contributed by atoms with Crippen LogP contribution in [0.3, 0.4) is 0 Å². The predicted octanol–water partition coefficient (Wildman–Crippen LogP) is 2.47. The summed E-state index contributed by atoms with van der Waals surface area (Å²) in [6.07, 6.45) is 2.86. The smallest absolute Gasteiger partial charge is 0.298 e. The lowest BCUT2D eigenvalue weighted by molar-refractivity contribution is 0.415. The summed E-state index contributed by atoms with van der Waals surface area (Å²) in [5.41, 5.74) is 2.10. The van der Waals surface area contributed by atoms with Gasteiger partial charge >= 0.3 is 0 Å². The predicted molar refractivity (Wildman–Crippen MR) is 95.5 cm³/mol. The van der Waals surface area contributed by atoms with E-state index >= 15 is 0 Å². The third-order valence-corrected chi connectivity index (χ3v) is 3.90. The zero-order valence-electron chi connectivity index (χ0n) is 13.3. The number of hydrogen-bond donors (Lipinski definition) is 2. The maximum absolute atomic E-state index is 12.6. The van der Waals surface area contributed by atoms with Gasteiger partial charge in [-0.3, -0.25) is 4.79 Å². The van der Waals surface area contributed by atoms with Gasteiger partial charge in [-0.1, -0.05) is 12.1 Å². The Hall–Kier alpha value is -3.61. The van der Waals surface area contributed by atoms with Gasteiger partial charge in [0, 0.05) is 11.5 Å². The average molecular weight is 334 g/mol. The number of aromatic hydroxyl groups is 1. The Morgan fingerprint density at radius 3 is 2.96 bits per heavy atom. The lowest BCUT2D eigenvalue weighted by Crippen LogP contribution is -2.17. The molecule has 4 rings (SSSR count). The molecule has 0 saturated carbocycles. The molecule has 124 valence electrons. The van der Waals surface area contributed by atoms with Gasteiger partial charge in [0.25, 0.3) is 5.56 Å². The van der Waals surface area contributed by atoms with Crippen LogP contribution >= 0.6 is 0 Å². The first-order valence-electron chi connectivity index (χ1n) is 7.56. The van der Waals surface area contributed by atoms with Gasteiger partial charge in [-0.2, -0.15) is 9.78 Å². The molecular weight excluding hydrogens is 320 g/mol. The van der Waals surface area contributed by atoms with Crippen molar-refractivity contribution >= 4 is 28.2 Å². The van der Waals surface area contributed by atoms with E-state index in [-0.39, 0.29) is 11.3 Å². The highest BCUT2D eigenvalue weighted by atomic mass is 16.5. The van der Waals surface area contributed by atoms with Crippen molar-refractivity contribution in [3.63, 3.8) is 0 Å². The molecule has 0 unspecified atom stereocenters. The first-order chi connectivity index (χ1) is 12.2. The summed E-state index contributed by atoms with van der Waals surface area (Å²) in [4.78, 5) is 20.1. The van der Waals surface area contributed by atoms with Crippen LogP contribution in [-0.2, 0) is 0 Å². The Labute approximate surface area is 141 Å². The van der Waals surface area contributed by atoms with Crippen LogP contribution in [0.4, 0.5) is 0 Å². The van der Waals surface area contributed by atoms with E-state index in [9.17, 15) is 9.90 Å². The quantitative estimate of drug-likeness (QED) is 0.563.